The molecule has 0 spiro atoms. The highest BCUT2D eigenvalue weighted by atomic mass is 16.5. The van der Waals surface area contributed by atoms with Gasteiger partial charge >= 0.3 is 0 Å². The number of hydrogen-bond acceptors (Lipinski definition) is 2. The lowest BCUT2D eigenvalue weighted by atomic mass is 9.94. The normalized spacial score (nSPS) is 14.0. The van der Waals surface area contributed by atoms with Gasteiger partial charge in [-0.05, 0) is 61.6 Å². The Kier molecular flexibility index (Phi) is 3.26. The fourth-order valence-electron chi connectivity index (χ4n) is 3.57. The minimum Gasteiger partial charge on any atom is -0.497 e. The number of methoxy groups -OCH3 is 1. The number of fused-ring (bicyclic) bond motifs is 2. The van der Waals surface area contributed by atoms with Crippen molar-refractivity contribution in [3.63, 3.8) is 0 Å². The fraction of sp³-hybridized carbons (Fsp3) is 0.316. The van der Waals surface area contributed by atoms with Crippen LogP contribution in [0.1, 0.15) is 24.1 Å². The maximum atomic E-state index is 12.8. The first-order valence-corrected chi connectivity index (χ1v) is 8.06. The number of aromatic amines is 1. The van der Waals surface area contributed by atoms with Crippen molar-refractivity contribution in [3.05, 3.63) is 51.9 Å². The monoisotopic (exact) mass is 308 g/mol. The van der Waals surface area contributed by atoms with Crippen LogP contribution >= 0.6 is 0 Å². The van der Waals surface area contributed by atoms with Gasteiger partial charge in [0.15, 0.2) is 0 Å². The number of nitrogens with zero attached hydrogens (tertiary/aromatic N) is 1. The molecule has 1 aliphatic carbocycles. The molecule has 0 saturated carbocycles. The first kappa shape index (κ1) is 14.1. The zero-order valence-corrected chi connectivity index (χ0v) is 13.5. The minimum atomic E-state index is 0.0733. The number of nitrogens with one attached hydrogen (secondary N) is 1. The van der Waals surface area contributed by atoms with Crippen LogP contribution in [0.3, 0.4) is 0 Å². The summed E-state index contributed by atoms with van der Waals surface area (Å²) in [5.74, 6) is 0.821. The molecule has 0 unspecified atom stereocenters. The molecular weight excluding hydrogens is 288 g/mol. The number of aryl methyl sites for hydroxylation is 1. The maximum absolute atomic E-state index is 12.8. The lowest BCUT2D eigenvalue weighted by Crippen LogP contribution is -2.25. The summed E-state index contributed by atoms with van der Waals surface area (Å²) in [6, 6.07) is 10.0. The summed E-state index contributed by atoms with van der Waals surface area (Å²) < 4.78 is 7.10. The van der Waals surface area contributed by atoms with Gasteiger partial charge in [0.25, 0.3) is 5.56 Å². The largest absolute Gasteiger partial charge is 0.497 e. The Labute approximate surface area is 134 Å². The van der Waals surface area contributed by atoms with E-state index in [4.69, 9.17) is 4.74 Å². The number of aromatic nitrogens is 2. The van der Waals surface area contributed by atoms with Crippen LogP contribution in [0.15, 0.2) is 35.1 Å². The Balaban J connectivity index is 1.90. The van der Waals surface area contributed by atoms with E-state index in [1.54, 1.807) is 7.11 Å². The van der Waals surface area contributed by atoms with E-state index in [2.05, 4.69) is 11.1 Å². The highest BCUT2D eigenvalue weighted by Crippen LogP contribution is 2.28. The molecule has 4 rings (SSSR count). The molecule has 0 amide bonds. The van der Waals surface area contributed by atoms with Crippen molar-refractivity contribution in [2.75, 3.05) is 7.11 Å². The van der Waals surface area contributed by atoms with Gasteiger partial charge in [0.05, 0.1) is 18.4 Å². The van der Waals surface area contributed by atoms with Crippen LogP contribution in [0.4, 0.5) is 0 Å². The summed E-state index contributed by atoms with van der Waals surface area (Å²) in [5.41, 5.74) is 5.22. The Bertz CT molecular complexity index is 950. The molecule has 3 aromatic rings. The molecule has 0 radical (unpaired) electrons. The van der Waals surface area contributed by atoms with E-state index in [0.717, 1.165) is 40.8 Å². The van der Waals surface area contributed by atoms with E-state index < -0.39 is 0 Å². The molecule has 1 N–H and O–H groups in total. The summed E-state index contributed by atoms with van der Waals surface area (Å²) in [6.07, 6.45) is 4.44. The van der Waals surface area contributed by atoms with E-state index in [-0.39, 0.29) is 5.56 Å². The van der Waals surface area contributed by atoms with Gasteiger partial charge in [-0.15, -0.1) is 0 Å². The highest BCUT2D eigenvalue weighted by molar-refractivity contribution is 5.87. The number of rotatable bonds is 2. The Morgan fingerprint density at radius 2 is 1.96 bits per heavy atom. The van der Waals surface area contributed by atoms with Crippen molar-refractivity contribution in [1.82, 2.24) is 9.55 Å². The number of hydrogen-bond donors (Lipinski definition) is 1. The van der Waals surface area contributed by atoms with Crippen molar-refractivity contribution in [1.29, 1.82) is 0 Å². The van der Waals surface area contributed by atoms with Crippen molar-refractivity contribution < 1.29 is 4.74 Å². The van der Waals surface area contributed by atoms with E-state index in [1.165, 1.54) is 24.1 Å². The molecule has 4 nitrogen and oxygen atoms in total. The SMILES string of the molecule is COc1ccc2[nH]c(-c3cc4c(n(C)c3=O)CCCC4)cc2c1. The molecule has 4 heteroatoms. The average Bonchev–Trinajstić information content (AvgIpc) is 3.00. The molecule has 0 saturated heterocycles. The number of benzene rings is 1. The molecule has 2 aromatic heterocycles. The van der Waals surface area contributed by atoms with Gasteiger partial charge in [0.2, 0.25) is 0 Å². The Morgan fingerprint density at radius 1 is 1.13 bits per heavy atom. The van der Waals surface area contributed by atoms with Gasteiger partial charge in [0.1, 0.15) is 5.75 Å². The first-order valence-electron chi connectivity index (χ1n) is 8.06. The van der Waals surface area contributed by atoms with Crippen LogP contribution in [-0.4, -0.2) is 16.7 Å². The predicted molar refractivity (Wildman–Crippen MR) is 92.2 cm³/mol. The van der Waals surface area contributed by atoms with Gasteiger partial charge in [-0.3, -0.25) is 4.79 Å². The van der Waals surface area contributed by atoms with Crippen LogP contribution in [-0.2, 0) is 19.9 Å². The Morgan fingerprint density at radius 3 is 2.78 bits per heavy atom. The third-order valence-electron chi connectivity index (χ3n) is 4.86. The third-order valence-corrected chi connectivity index (χ3v) is 4.86. The summed E-state index contributed by atoms with van der Waals surface area (Å²) >= 11 is 0. The lowest BCUT2D eigenvalue weighted by Gasteiger charge is -2.19. The molecule has 2 heterocycles. The fourth-order valence-corrected chi connectivity index (χ4v) is 3.57. The van der Waals surface area contributed by atoms with Crippen LogP contribution in [0.5, 0.6) is 5.75 Å². The van der Waals surface area contributed by atoms with Gasteiger partial charge in [0, 0.05) is 23.6 Å². The molecule has 23 heavy (non-hydrogen) atoms. The van der Waals surface area contributed by atoms with Crippen molar-refractivity contribution in [3.8, 4) is 17.0 Å². The quantitative estimate of drug-likeness (QED) is 0.788. The van der Waals surface area contributed by atoms with Gasteiger partial charge in [-0.1, -0.05) is 0 Å². The van der Waals surface area contributed by atoms with E-state index in [9.17, 15) is 4.79 Å². The predicted octanol–water partition coefficient (Wildman–Crippen LogP) is 3.42. The van der Waals surface area contributed by atoms with E-state index in [0.29, 0.717) is 0 Å². The van der Waals surface area contributed by atoms with Crippen molar-refractivity contribution in [2.24, 2.45) is 7.05 Å². The zero-order chi connectivity index (χ0) is 16.0. The van der Waals surface area contributed by atoms with Crippen LogP contribution < -0.4 is 10.3 Å². The zero-order valence-electron chi connectivity index (χ0n) is 13.5. The summed E-state index contributed by atoms with van der Waals surface area (Å²) in [6.45, 7) is 0. The van der Waals surface area contributed by atoms with Crippen molar-refractivity contribution >= 4 is 10.9 Å². The first-order chi connectivity index (χ1) is 11.2. The summed E-state index contributed by atoms with van der Waals surface area (Å²) in [7, 11) is 3.55. The third kappa shape index (κ3) is 2.25. The molecule has 1 aromatic carbocycles. The summed E-state index contributed by atoms with van der Waals surface area (Å²) in [4.78, 5) is 16.1. The Hall–Kier alpha value is -2.49. The number of H-pyrrole nitrogens is 1. The van der Waals surface area contributed by atoms with E-state index in [1.807, 2.05) is 35.9 Å². The molecule has 118 valence electrons. The number of ether oxygens (including phenoxy) is 1. The molecule has 0 atom stereocenters. The second-order valence-electron chi connectivity index (χ2n) is 6.24. The highest BCUT2D eigenvalue weighted by Gasteiger charge is 2.17. The van der Waals surface area contributed by atoms with Crippen molar-refractivity contribution in [2.45, 2.75) is 25.7 Å². The minimum absolute atomic E-state index is 0.0733. The molecule has 0 aliphatic heterocycles. The second kappa shape index (κ2) is 5.30. The standard InChI is InChI=1S/C19H20N2O2/c1-21-18-6-4-3-5-12(18)10-15(19(21)22)17-11-13-9-14(23-2)7-8-16(13)20-17/h7-11,20H,3-6H2,1-2H3. The molecule has 1 aliphatic rings. The second-order valence-corrected chi connectivity index (χ2v) is 6.24. The van der Waals surface area contributed by atoms with Crippen LogP contribution in [0.25, 0.3) is 22.2 Å². The summed E-state index contributed by atoms with van der Waals surface area (Å²) in [5, 5.41) is 1.05. The maximum Gasteiger partial charge on any atom is 0.259 e. The van der Waals surface area contributed by atoms with Crippen LogP contribution in [0.2, 0.25) is 0 Å². The molecule has 0 fully saturated rings. The van der Waals surface area contributed by atoms with Gasteiger partial charge < -0.3 is 14.3 Å². The average molecular weight is 308 g/mol. The van der Waals surface area contributed by atoms with E-state index >= 15 is 0 Å². The van der Waals surface area contributed by atoms with Crippen LogP contribution in [0, 0.1) is 0 Å². The molecule has 0 bridgehead atoms. The van der Waals surface area contributed by atoms with Gasteiger partial charge in [-0.25, -0.2) is 0 Å². The van der Waals surface area contributed by atoms with Gasteiger partial charge in [-0.2, -0.15) is 0 Å². The number of pyridine rings is 1. The lowest BCUT2D eigenvalue weighted by molar-refractivity contribution is 0.415. The smallest absolute Gasteiger partial charge is 0.259 e. The molecular formula is C19H20N2O2. The topological polar surface area (TPSA) is 47.0 Å².